The standard InChI is InChI=1S/C10H17N3O5/c1-6(8(14)15)11-12(2)10(18)13-5-3-4-7(13)9(16)17/h6-7,11H,3-5H2,1-2H3,(H,14,15)(H,16,17)/t6?,7-/m0/s1. The molecule has 0 aliphatic carbocycles. The number of carboxylic acids is 2. The zero-order valence-electron chi connectivity index (χ0n) is 10.3. The number of hydrogen-bond donors (Lipinski definition) is 3. The molecule has 8 nitrogen and oxygen atoms in total. The van der Waals surface area contributed by atoms with E-state index in [0.29, 0.717) is 19.4 Å². The van der Waals surface area contributed by atoms with Crippen LogP contribution in [0.1, 0.15) is 19.8 Å². The summed E-state index contributed by atoms with van der Waals surface area (Å²) in [6, 6.07) is -2.29. The second kappa shape index (κ2) is 5.67. The summed E-state index contributed by atoms with van der Waals surface area (Å²) in [7, 11) is 1.37. The van der Waals surface area contributed by atoms with Crippen LogP contribution in [0.3, 0.4) is 0 Å². The fourth-order valence-electron chi connectivity index (χ4n) is 1.85. The molecule has 1 heterocycles. The first kappa shape index (κ1) is 14.2. The second-order valence-electron chi connectivity index (χ2n) is 4.22. The summed E-state index contributed by atoms with van der Waals surface area (Å²) in [6.45, 7) is 1.76. The Hall–Kier alpha value is -1.83. The Labute approximate surface area is 104 Å². The lowest BCUT2D eigenvalue weighted by atomic mass is 10.2. The van der Waals surface area contributed by atoms with Crippen molar-refractivity contribution in [2.75, 3.05) is 13.6 Å². The number of aliphatic carboxylic acids is 2. The number of nitrogens with one attached hydrogen (secondary N) is 1. The molecule has 1 fully saturated rings. The van der Waals surface area contributed by atoms with Crippen molar-refractivity contribution in [2.24, 2.45) is 0 Å². The predicted octanol–water partition coefficient (Wildman–Crippen LogP) is -0.435. The maximum Gasteiger partial charge on any atom is 0.334 e. The van der Waals surface area contributed by atoms with Crippen LogP contribution in [0.4, 0.5) is 4.79 Å². The van der Waals surface area contributed by atoms with E-state index >= 15 is 0 Å². The van der Waals surface area contributed by atoms with Crippen LogP contribution in [-0.4, -0.2) is 63.8 Å². The van der Waals surface area contributed by atoms with Crippen LogP contribution in [-0.2, 0) is 9.59 Å². The van der Waals surface area contributed by atoms with E-state index < -0.39 is 30.1 Å². The number of hydrazine groups is 1. The lowest BCUT2D eigenvalue weighted by molar-refractivity contribution is -0.142. The minimum Gasteiger partial charge on any atom is -0.480 e. The molecule has 0 aromatic rings. The number of rotatable bonds is 4. The third-order valence-corrected chi connectivity index (χ3v) is 2.83. The molecule has 2 atom stereocenters. The number of carbonyl (C=O) groups is 3. The predicted molar refractivity (Wildman–Crippen MR) is 60.8 cm³/mol. The highest BCUT2D eigenvalue weighted by Gasteiger charge is 2.35. The Balaban J connectivity index is 2.63. The number of urea groups is 1. The normalized spacial score (nSPS) is 20.6. The Kier molecular flexibility index (Phi) is 4.49. The van der Waals surface area contributed by atoms with Gasteiger partial charge in [0.1, 0.15) is 12.1 Å². The quantitative estimate of drug-likeness (QED) is 0.591. The van der Waals surface area contributed by atoms with E-state index in [2.05, 4.69) is 5.43 Å². The molecular weight excluding hydrogens is 242 g/mol. The summed E-state index contributed by atoms with van der Waals surface area (Å²) in [6.07, 6.45) is 1.05. The van der Waals surface area contributed by atoms with Gasteiger partial charge in [0.25, 0.3) is 0 Å². The van der Waals surface area contributed by atoms with Crippen LogP contribution >= 0.6 is 0 Å². The number of hydrogen-bond acceptors (Lipinski definition) is 4. The topological polar surface area (TPSA) is 110 Å². The smallest absolute Gasteiger partial charge is 0.334 e. The van der Waals surface area contributed by atoms with Crippen molar-refractivity contribution in [3.05, 3.63) is 0 Å². The van der Waals surface area contributed by atoms with E-state index in [0.717, 1.165) is 5.01 Å². The van der Waals surface area contributed by atoms with E-state index in [9.17, 15) is 14.4 Å². The van der Waals surface area contributed by atoms with Gasteiger partial charge in [-0.15, -0.1) is 0 Å². The highest BCUT2D eigenvalue weighted by Crippen LogP contribution is 2.18. The van der Waals surface area contributed by atoms with E-state index in [1.54, 1.807) is 0 Å². The van der Waals surface area contributed by atoms with Gasteiger partial charge in [0.2, 0.25) is 0 Å². The first-order chi connectivity index (χ1) is 8.34. The number of likely N-dealkylation sites (tertiary alicyclic amines) is 1. The number of nitrogens with zero attached hydrogens (tertiary/aromatic N) is 2. The van der Waals surface area contributed by atoms with E-state index in [4.69, 9.17) is 10.2 Å². The molecule has 0 bridgehead atoms. The molecular formula is C10H17N3O5. The fraction of sp³-hybridized carbons (Fsp3) is 0.700. The van der Waals surface area contributed by atoms with Gasteiger partial charge in [0.05, 0.1) is 0 Å². The molecule has 0 radical (unpaired) electrons. The van der Waals surface area contributed by atoms with E-state index in [-0.39, 0.29) is 0 Å². The number of carbonyl (C=O) groups excluding carboxylic acids is 1. The molecule has 1 unspecified atom stereocenters. The molecule has 0 spiro atoms. The maximum atomic E-state index is 12.0. The maximum absolute atomic E-state index is 12.0. The fourth-order valence-corrected chi connectivity index (χ4v) is 1.85. The molecule has 0 saturated carbocycles. The summed E-state index contributed by atoms with van der Waals surface area (Å²) in [4.78, 5) is 34.8. The SMILES string of the molecule is CC(NN(C)C(=O)N1CCC[C@H]1C(=O)O)C(=O)O. The van der Waals surface area contributed by atoms with Crippen LogP contribution in [0.15, 0.2) is 0 Å². The van der Waals surface area contributed by atoms with Gasteiger partial charge in [0.15, 0.2) is 0 Å². The van der Waals surface area contributed by atoms with Gasteiger partial charge in [0, 0.05) is 13.6 Å². The summed E-state index contributed by atoms with van der Waals surface area (Å²) in [5.74, 6) is -2.13. The lowest BCUT2D eigenvalue weighted by Gasteiger charge is -2.28. The Morgan fingerprint density at radius 2 is 2.00 bits per heavy atom. The van der Waals surface area contributed by atoms with Crippen molar-refractivity contribution in [3.63, 3.8) is 0 Å². The van der Waals surface area contributed by atoms with E-state index in [1.165, 1.54) is 18.9 Å². The molecule has 3 N–H and O–H groups in total. The minimum atomic E-state index is -1.09. The third-order valence-electron chi connectivity index (χ3n) is 2.83. The van der Waals surface area contributed by atoms with Crippen molar-refractivity contribution < 1.29 is 24.6 Å². The second-order valence-corrected chi connectivity index (χ2v) is 4.22. The van der Waals surface area contributed by atoms with Crippen LogP contribution in [0, 0.1) is 0 Å². The molecule has 18 heavy (non-hydrogen) atoms. The van der Waals surface area contributed by atoms with Gasteiger partial charge in [-0.2, -0.15) is 0 Å². The van der Waals surface area contributed by atoms with Crippen LogP contribution < -0.4 is 5.43 Å². The molecule has 8 heteroatoms. The third kappa shape index (κ3) is 3.10. The van der Waals surface area contributed by atoms with Gasteiger partial charge < -0.3 is 15.1 Å². The molecule has 1 rings (SSSR count). The largest absolute Gasteiger partial charge is 0.480 e. The minimum absolute atomic E-state index is 0.364. The van der Waals surface area contributed by atoms with Crippen LogP contribution in [0.25, 0.3) is 0 Å². The Morgan fingerprint density at radius 1 is 1.39 bits per heavy atom. The van der Waals surface area contributed by atoms with Crippen molar-refractivity contribution in [1.29, 1.82) is 0 Å². The highest BCUT2D eigenvalue weighted by molar-refractivity contribution is 5.83. The molecule has 2 amide bonds. The average molecular weight is 259 g/mol. The van der Waals surface area contributed by atoms with Crippen molar-refractivity contribution in [2.45, 2.75) is 31.8 Å². The Bertz CT molecular complexity index is 359. The number of amides is 2. The first-order valence-corrected chi connectivity index (χ1v) is 5.60. The molecule has 1 aliphatic heterocycles. The lowest BCUT2D eigenvalue weighted by Crippen LogP contribution is -2.54. The summed E-state index contributed by atoms with van der Waals surface area (Å²) >= 11 is 0. The molecule has 0 aromatic heterocycles. The molecule has 0 aromatic carbocycles. The van der Waals surface area contributed by atoms with Gasteiger partial charge in [-0.05, 0) is 19.8 Å². The molecule has 102 valence electrons. The molecule has 1 saturated heterocycles. The summed E-state index contributed by atoms with van der Waals surface area (Å²) in [5.41, 5.74) is 2.47. The van der Waals surface area contributed by atoms with Gasteiger partial charge in [-0.3, -0.25) is 9.80 Å². The van der Waals surface area contributed by atoms with Gasteiger partial charge >= 0.3 is 18.0 Å². The Morgan fingerprint density at radius 3 is 2.50 bits per heavy atom. The van der Waals surface area contributed by atoms with Crippen LogP contribution in [0.5, 0.6) is 0 Å². The van der Waals surface area contributed by atoms with Crippen molar-refractivity contribution in [1.82, 2.24) is 15.3 Å². The number of carboxylic acid groups (broad SMARTS) is 2. The molecule has 1 aliphatic rings. The zero-order chi connectivity index (χ0) is 13.9. The van der Waals surface area contributed by atoms with E-state index in [1.807, 2.05) is 0 Å². The highest BCUT2D eigenvalue weighted by atomic mass is 16.4. The van der Waals surface area contributed by atoms with Gasteiger partial charge in [-0.25, -0.2) is 15.0 Å². The van der Waals surface area contributed by atoms with Gasteiger partial charge in [-0.1, -0.05) is 0 Å². The van der Waals surface area contributed by atoms with Crippen LogP contribution in [0.2, 0.25) is 0 Å². The van der Waals surface area contributed by atoms with Crippen molar-refractivity contribution in [3.8, 4) is 0 Å². The first-order valence-electron chi connectivity index (χ1n) is 5.60. The average Bonchev–Trinajstić information content (AvgIpc) is 2.76. The summed E-state index contributed by atoms with van der Waals surface area (Å²) in [5, 5.41) is 18.7. The monoisotopic (exact) mass is 259 g/mol. The zero-order valence-corrected chi connectivity index (χ0v) is 10.3. The summed E-state index contributed by atoms with van der Waals surface area (Å²) < 4.78 is 0. The van der Waals surface area contributed by atoms with Crippen molar-refractivity contribution >= 4 is 18.0 Å².